The zero-order valence-corrected chi connectivity index (χ0v) is 9.32. The lowest BCUT2D eigenvalue weighted by Gasteiger charge is -2.14. The van der Waals surface area contributed by atoms with Gasteiger partial charge in [-0.05, 0) is 37.8 Å². The van der Waals surface area contributed by atoms with Crippen molar-refractivity contribution in [3.8, 4) is 0 Å². The zero-order chi connectivity index (χ0) is 11.9. The zero-order valence-electron chi connectivity index (χ0n) is 9.32. The molecular formula is C12H13NO3. The Labute approximate surface area is 93.4 Å². The van der Waals surface area contributed by atoms with E-state index in [1.54, 1.807) is 19.1 Å². The average molecular weight is 219 g/mol. The van der Waals surface area contributed by atoms with Gasteiger partial charge in [0.25, 0.3) is 5.69 Å². The molecule has 0 unspecified atom stereocenters. The molecule has 2 rings (SSSR count). The molecule has 0 heterocycles. The molecule has 0 amide bonds. The lowest BCUT2D eigenvalue weighted by Crippen LogP contribution is -2.18. The lowest BCUT2D eigenvalue weighted by molar-refractivity contribution is -0.384. The minimum Gasteiger partial charge on any atom is -0.299 e. The Morgan fingerprint density at radius 2 is 2.06 bits per heavy atom. The molecule has 0 atom stereocenters. The molecule has 16 heavy (non-hydrogen) atoms. The van der Waals surface area contributed by atoms with Crippen LogP contribution in [0.4, 0.5) is 5.69 Å². The fourth-order valence-corrected chi connectivity index (χ4v) is 2.18. The molecule has 1 aliphatic carbocycles. The van der Waals surface area contributed by atoms with E-state index >= 15 is 0 Å². The summed E-state index contributed by atoms with van der Waals surface area (Å²) in [5.41, 5.74) is 1.41. The van der Waals surface area contributed by atoms with Crippen molar-refractivity contribution in [3.05, 3.63) is 39.4 Å². The van der Waals surface area contributed by atoms with Gasteiger partial charge in [0.2, 0.25) is 0 Å². The van der Waals surface area contributed by atoms with E-state index in [4.69, 9.17) is 0 Å². The first kappa shape index (κ1) is 10.8. The minimum atomic E-state index is -0.434. The Bertz CT molecular complexity index is 475. The molecule has 0 saturated heterocycles. The van der Waals surface area contributed by atoms with Crippen LogP contribution < -0.4 is 0 Å². The summed E-state index contributed by atoms with van der Waals surface area (Å²) in [6, 6.07) is 4.75. The van der Waals surface area contributed by atoms with Gasteiger partial charge in [0.1, 0.15) is 5.78 Å². The number of hydrogen-bond acceptors (Lipinski definition) is 3. The molecule has 0 bridgehead atoms. The third kappa shape index (κ3) is 1.50. The third-order valence-corrected chi connectivity index (χ3v) is 3.37. The smallest absolute Gasteiger partial charge is 0.269 e. The largest absolute Gasteiger partial charge is 0.299 e. The summed E-state index contributed by atoms with van der Waals surface area (Å²) in [6.45, 7) is 3.45. The van der Waals surface area contributed by atoms with Crippen molar-refractivity contribution in [2.24, 2.45) is 0 Å². The molecule has 4 nitrogen and oxygen atoms in total. The summed E-state index contributed by atoms with van der Waals surface area (Å²) in [4.78, 5) is 21.9. The summed E-state index contributed by atoms with van der Waals surface area (Å²) >= 11 is 0. The van der Waals surface area contributed by atoms with E-state index in [1.807, 2.05) is 6.92 Å². The normalized spacial score (nSPS) is 16.9. The fraction of sp³-hybridized carbons (Fsp3) is 0.417. The number of aryl methyl sites for hydroxylation is 1. The molecule has 1 fully saturated rings. The molecule has 1 aliphatic rings. The predicted octanol–water partition coefficient (Wildman–Crippen LogP) is 2.52. The molecule has 0 N–H and O–H groups in total. The number of rotatable bonds is 3. The van der Waals surface area contributed by atoms with E-state index in [9.17, 15) is 14.9 Å². The fourth-order valence-electron chi connectivity index (χ4n) is 2.18. The first-order chi connectivity index (χ1) is 7.47. The summed E-state index contributed by atoms with van der Waals surface area (Å²) in [5.74, 6) is 0.107. The summed E-state index contributed by atoms with van der Waals surface area (Å²) in [7, 11) is 0. The number of benzene rings is 1. The standard InChI is InChI=1S/C12H13NO3/c1-8-3-4-10(13(15)16)7-11(8)12(5-6-12)9(2)14/h3-4,7H,5-6H2,1-2H3. The molecule has 0 aromatic heterocycles. The van der Waals surface area contributed by atoms with Crippen molar-refractivity contribution in [3.63, 3.8) is 0 Å². The molecular weight excluding hydrogens is 206 g/mol. The van der Waals surface area contributed by atoms with E-state index in [1.165, 1.54) is 6.07 Å². The van der Waals surface area contributed by atoms with Crippen molar-refractivity contribution in [2.75, 3.05) is 0 Å². The predicted molar refractivity (Wildman–Crippen MR) is 59.4 cm³/mol. The second-order valence-corrected chi connectivity index (χ2v) is 4.39. The topological polar surface area (TPSA) is 60.2 Å². The van der Waals surface area contributed by atoms with Crippen LogP contribution in [0, 0.1) is 17.0 Å². The van der Waals surface area contributed by atoms with Gasteiger partial charge < -0.3 is 0 Å². The molecule has 4 heteroatoms. The first-order valence-corrected chi connectivity index (χ1v) is 5.24. The minimum absolute atomic E-state index is 0.0631. The van der Waals surface area contributed by atoms with Crippen molar-refractivity contribution >= 4 is 11.5 Å². The molecule has 1 saturated carbocycles. The summed E-state index contributed by atoms with van der Waals surface area (Å²) < 4.78 is 0. The number of hydrogen-bond donors (Lipinski definition) is 0. The van der Waals surface area contributed by atoms with Crippen LogP contribution in [0.25, 0.3) is 0 Å². The van der Waals surface area contributed by atoms with Crippen molar-refractivity contribution < 1.29 is 9.72 Å². The molecule has 84 valence electrons. The van der Waals surface area contributed by atoms with Crippen LogP contribution in [0.3, 0.4) is 0 Å². The number of nitro groups is 1. The van der Waals surface area contributed by atoms with Crippen LogP contribution in [0.15, 0.2) is 18.2 Å². The van der Waals surface area contributed by atoms with E-state index in [-0.39, 0.29) is 11.5 Å². The van der Waals surface area contributed by atoms with Crippen molar-refractivity contribution in [2.45, 2.75) is 32.1 Å². The highest BCUT2D eigenvalue weighted by atomic mass is 16.6. The second-order valence-electron chi connectivity index (χ2n) is 4.39. The maximum absolute atomic E-state index is 11.6. The van der Waals surface area contributed by atoms with Crippen molar-refractivity contribution in [1.29, 1.82) is 0 Å². The Morgan fingerprint density at radius 1 is 1.44 bits per heavy atom. The van der Waals surface area contributed by atoms with E-state index in [0.717, 1.165) is 24.0 Å². The quantitative estimate of drug-likeness (QED) is 0.579. The Balaban J connectivity index is 2.52. The highest BCUT2D eigenvalue weighted by Gasteiger charge is 2.49. The Hall–Kier alpha value is -1.71. The SMILES string of the molecule is CC(=O)C1(c2cc([N+](=O)[O-])ccc2C)CC1. The number of nitro benzene ring substituents is 1. The molecule has 1 aromatic carbocycles. The van der Waals surface area contributed by atoms with Crippen molar-refractivity contribution in [1.82, 2.24) is 0 Å². The van der Waals surface area contributed by atoms with E-state index < -0.39 is 10.3 Å². The Kier molecular flexibility index (Phi) is 2.30. The number of ketones is 1. The van der Waals surface area contributed by atoms with E-state index in [0.29, 0.717) is 0 Å². The average Bonchev–Trinajstić information content (AvgIpc) is 2.98. The van der Waals surface area contributed by atoms with Crippen LogP contribution >= 0.6 is 0 Å². The van der Waals surface area contributed by atoms with Gasteiger partial charge in [0.15, 0.2) is 0 Å². The maximum atomic E-state index is 11.6. The molecule has 0 radical (unpaired) electrons. The highest BCUT2D eigenvalue weighted by Crippen LogP contribution is 2.50. The lowest BCUT2D eigenvalue weighted by atomic mass is 9.88. The molecule has 0 spiro atoms. The van der Waals surface area contributed by atoms with Gasteiger partial charge in [0, 0.05) is 12.1 Å². The number of carbonyl (C=O) groups is 1. The van der Waals surface area contributed by atoms with Gasteiger partial charge in [-0.25, -0.2) is 0 Å². The van der Waals surface area contributed by atoms with Crippen LogP contribution in [-0.2, 0) is 10.2 Å². The number of Topliss-reactive ketones (excluding diaryl/α,β-unsaturated/α-hetero) is 1. The number of carbonyl (C=O) groups excluding carboxylic acids is 1. The van der Waals surface area contributed by atoms with Gasteiger partial charge in [-0.1, -0.05) is 6.07 Å². The van der Waals surface area contributed by atoms with Gasteiger partial charge in [-0.15, -0.1) is 0 Å². The number of non-ortho nitro benzene ring substituents is 1. The van der Waals surface area contributed by atoms with Gasteiger partial charge in [-0.3, -0.25) is 14.9 Å². The monoisotopic (exact) mass is 219 g/mol. The summed E-state index contributed by atoms with van der Waals surface area (Å²) in [5, 5.41) is 10.7. The van der Waals surface area contributed by atoms with Crippen LogP contribution in [-0.4, -0.2) is 10.7 Å². The molecule has 1 aromatic rings. The first-order valence-electron chi connectivity index (χ1n) is 5.24. The summed E-state index contributed by atoms with van der Waals surface area (Å²) in [6.07, 6.45) is 1.62. The second kappa shape index (κ2) is 3.40. The van der Waals surface area contributed by atoms with Crippen LogP contribution in [0.2, 0.25) is 0 Å². The van der Waals surface area contributed by atoms with Gasteiger partial charge in [-0.2, -0.15) is 0 Å². The van der Waals surface area contributed by atoms with Crippen LogP contribution in [0.1, 0.15) is 30.9 Å². The Morgan fingerprint density at radius 3 is 2.50 bits per heavy atom. The van der Waals surface area contributed by atoms with Gasteiger partial charge >= 0.3 is 0 Å². The maximum Gasteiger partial charge on any atom is 0.269 e. The number of nitrogens with zero attached hydrogens (tertiary/aromatic N) is 1. The van der Waals surface area contributed by atoms with Gasteiger partial charge in [0.05, 0.1) is 10.3 Å². The highest BCUT2D eigenvalue weighted by molar-refractivity contribution is 5.91. The molecule has 0 aliphatic heterocycles. The third-order valence-electron chi connectivity index (χ3n) is 3.37. The van der Waals surface area contributed by atoms with E-state index in [2.05, 4.69) is 0 Å². The van der Waals surface area contributed by atoms with Crippen LogP contribution in [0.5, 0.6) is 0 Å².